The van der Waals surface area contributed by atoms with E-state index in [-0.39, 0.29) is 5.41 Å². The van der Waals surface area contributed by atoms with Gasteiger partial charge in [-0.25, -0.2) is 0 Å². The monoisotopic (exact) mass is 270 g/mol. The van der Waals surface area contributed by atoms with Gasteiger partial charge < -0.3 is 14.3 Å². The fourth-order valence-corrected chi connectivity index (χ4v) is 2.20. The zero-order chi connectivity index (χ0) is 13.8. The van der Waals surface area contributed by atoms with Crippen LogP contribution in [0, 0.1) is 0 Å². The molecule has 2 N–H and O–H groups in total. The van der Waals surface area contributed by atoms with E-state index in [2.05, 4.69) is 33.8 Å². The van der Waals surface area contributed by atoms with Crippen molar-refractivity contribution < 1.29 is 14.3 Å². The maximum absolute atomic E-state index is 9.00. The van der Waals surface area contributed by atoms with Gasteiger partial charge in [-0.3, -0.25) is 0 Å². The molecule has 3 nitrogen and oxygen atoms in total. The molecule has 102 valence electrons. The number of unbranched alkanes of at least 4 members (excludes halogenated alkanes) is 1. The van der Waals surface area contributed by atoms with Gasteiger partial charge in [-0.05, 0) is 29.9 Å². The second kappa shape index (κ2) is 6.51. The lowest BCUT2D eigenvalue weighted by atomic mass is 9.85. The highest BCUT2D eigenvalue weighted by molar-refractivity contribution is 7.39. The van der Waals surface area contributed by atoms with Gasteiger partial charge in [-0.2, -0.15) is 0 Å². The quantitative estimate of drug-likeness (QED) is 0.797. The second-order valence-electron chi connectivity index (χ2n) is 5.53. The largest absolute Gasteiger partial charge is 0.427 e. The summed E-state index contributed by atoms with van der Waals surface area (Å²) in [5.41, 5.74) is 2.21. The minimum absolute atomic E-state index is 0.0805. The first-order valence-electron chi connectivity index (χ1n) is 6.34. The Balaban J connectivity index is 3.05. The first kappa shape index (κ1) is 15.4. The topological polar surface area (TPSA) is 49.7 Å². The van der Waals surface area contributed by atoms with E-state index in [0.717, 1.165) is 18.4 Å². The van der Waals surface area contributed by atoms with Gasteiger partial charge in [0.15, 0.2) is 0 Å². The normalized spacial score (nSPS) is 11.9. The molecule has 0 aliphatic rings. The summed E-state index contributed by atoms with van der Waals surface area (Å²) in [6.07, 6.45) is 3.38. The highest BCUT2D eigenvalue weighted by Crippen LogP contribution is 2.38. The molecule has 1 rings (SSSR count). The molecular weight excluding hydrogens is 247 g/mol. The highest BCUT2D eigenvalue weighted by Gasteiger charge is 2.21. The molecule has 0 bridgehead atoms. The Labute approximate surface area is 111 Å². The van der Waals surface area contributed by atoms with Crippen molar-refractivity contribution in [2.45, 2.75) is 52.4 Å². The van der Waals surface area contributed by atoms with Crippen LogP contribution >= 0.6 is 8.60 Å². The maximum Gasteiger partial charge on any atom is 0.391 e. The number of benzene rings is 1. The Bertz CT molecular complexity index is 383. The van der Waals surface area contributed by atoms with E-state index in [4.69, 9.17) is 14.3 Å². The third-order valence-corrected chi connectivity index (χ3v) is 3.21. The molecule has 0 fully saturated rings. The van der Waals surface area contributed by atoms with E-state index in [9.17, 15) is 0 Å². The molecule has 18 heavy (non-hydrogen) atoms. The first-order valence-corrected chi connectivity index (χ1v) is 7.50. The molecule has 0 radical (unpaired) electrons. The minimum atomic E-state index is -2.36. The molecule has 0 heterocycles. The molecule has 0 spiro atoms. The van der Waals surface area contributed by atoms with E-state index in [1.54, 1.807) is 0 Å². The van der Waals surface area contributed by atoms with Gasteiger partial charge in [0.25, 0.3) is 0 Å². The van der Waals surface area contributed by atoms with Gasteiger partial charge in [-0.1, -0.05) is 46.2 Å². The van der Waals surface area contributed by atoms with Gasteiger partial charge in [0.1, 0.15) is 5.75 Å². The highest BCUT2D eigenvalue weighted by atomic mass is 31.2. The molecule has 0 saturated heterocycles. The SMILES string of the molecule is CCCCc1ccc(OP(O)O)c(C(C)(C)C)c1. The fourth-order valence-electron chi connectivity index (χ4n) is 1.87. The van der Waals surface area contributed by atoms with Crippen LogP contribution in [-0.2, 0) is 11.8 Å². The van der Waals surface area contributed by atoms with Crippen LogP contribution in [0.15, 0.2) is 18.2 Å². The number of hydrogen-bond acceptors (Lipinski definition) is 3. The van der Waals surface area contributed by atoms with Crippen molar-refractivity contribution >= 4 is 8.60 Å². The molecule has 0 amide bonds. The van der Waals surface area contributed by atoms with Gasteiger partial charge in [0.2, 0.25) is 0 Å². The standard InChI is InChI=1S/C14H23O3P/c1-5-6-7-11-8-9-13(17-18(15)16)12(10-11)14(2,3)4/h8-10,15-16H,5-7H2,1-4H3. The van der Waals surface area contributed by atoms with Crippen molar-refractivity contribution in [1.82, 2.24) is 0 Å². The van der Waals surface area contributed by atoms with Crippen molar-refractivity contribution in [3.8, 4) is 5.75 Å². The zero-order valence-corrected chi connectivity index (χ0v) is 12.5. The van der Waals surface area contributed by atoms with Crippen LogP contribution in [0.25, 0.3) is 0 Å². The van der Waals surface area contributed by atoms with Crippen LogP contribution in [-0.4, -0.2) is 9.79 Å². The van der Waals surface area contributed by atoms with Gasteiger partial charge >= 0.3 is 8.60 Å². The van der Waals surface area contributed by atoms with E-state index < -0.39 is 8.60 Å². The lowest BCUT2D eigenvalue weighted by Gasteiger charge is -2.23. The van der Waals surface area contributed by atoms with Crippen molar-refractivity contribution in [2.75, 3.05) is 0 Å². The number of hydrogen-bond donors (Lipinski definition) is 2. The summed E-state index contributed by atoms with van der Waals surface area (Å²) in [6.45, 7) is 8.45. The van der Waals surface area contributed by atoms with Crippen molar-refractivity contribution in [3.05, 3.63) is 29.3 Å². The summed E-state index contributed by atoms with van der Waals surface area (Å²) < 4.78 is 5.11. The van der Waals surface area contributed by atoms with Gasteiger partial charge in [0, 0.05) is 5.56 Å². The molecule has 0 aliphatic carbocycles. The summed E-state index contributed by atoms with van der Waals surface area (Å²) in [5, 5.41) is 0. The van der Waals surface area contributed by atoms with Crippen LogP contribution in [0.1, 0.15) is 51.7 Å². The third kappa shape index (κ3) is 4.56. The third-order valence-electron chi connectivity index (χ3n) is 2.85. The van der Waals surface area contributed by atoms with Crippen LogP contribution in [0.4, 0.5) is 0 Å². The van der Waals surface area contributed by atoms with Gasteiger partial charge in [0.05, 0.1) is 0 Å². The predicted molar refractivity (Wildman–Crippen MR) is 75.7 cm³/mol. The molecule has 1 aromatic carbocycles. The lowest BCUT2D eigenvalue weighted by Crippen LogP contribution is -2.13. The molecule has 0 unspecified atom stereocenters. The number of rotatable bonds is 5. The maximum atomic E-state index is 9.00. The van der Waals surface area contributed by atoms with Crippen molar-refractivity contribution in [2.24, 2.45) is 0 Å². The van der Waals surface area contributed by atoms with E-state index in [0.29, 0.717) is 5.75 Å². The number of aryl methyl sites for hydroxylation is 1. The molecular formula is C14H23O3P. The first-order chi connectivity index (χ1) is 8.34. The lowest BCUT2D eigenvalue weighted by molar-refractivity contribution is 0.369. The van der Waals surface area contributed by atoms with Gasteiger partial charge in [-0.15, -0.1) is 0 Å². The predicted octanol–water partition coefficient (Wildman–Crippen LogP) is 3.92. The molecule has 4 heteroatoms. The fraction of sp³-hybridized carbons (Fsp3) is 0.571. The molecule has 1 aromatic rings. The minimum Gasteiger partial charge on any atom is -0.427 e. The Hall–Kier alpha value is -0.630. The van der Waals surface area contributed by atoms with Crippen LogP contribution in [0.3, 0.4) is 0 Å². The summed E-state index contributed by atoms with van der Waals surface area (Å²) >= 11 is 0. The van der Waals surface area contributed by atoms with E-state index in [1.807, 2.05) is 12.1 Å². The van der Waals surface area contributed by atoms with E-state index >= 15 is 0 Å². The Morgan fingerprint density at radius 3 is 2.39 bits per heavy atom. The Kier molecular flexibility index (Phi) is 5.58. The summed E-state index contributed by atoms with van der Waals surface area (Å²) in [7, 11) is -2.36. The van der Waals surface area contributed by atoms with Crippen molar-refractivity contribution in [1.29, 1.82) is 0 Å². The van der Waals surface area contributed by atoms with E-state index in [1.165, 1.54) is 12.0 Å². The Morgan fingerprint density at radius 2 is 1.89 bits per heavy atom. The van der Waals surface area contributed by atoms with Crippen molar-refractivity contribution in [3.63, 3.8) is 0 Å². The van der Waals surface area contributed by atoms with Crippen LogP contribution in [0.2, 0.25) is 0 Å². The van der Waals surface area contributed by atoms with Crippen LogP contribution < -0.4 is 4.52 Å². The average molecular weight is 270 g/mol. The Morgan fingerprint density at radius 1 is 1.22 bits per heavy atom. The molecule has 0 saturated carbocycles. The smallest absolute Gasteiger partial charge is 0.391 e. The zero-order valence-electron chi connectivity index (χ0n) is 11.6. The molecule has 0 aliphatic heterocycles. The summed E-state index contributed by atoms with van der Waals surface area (Å²) in [5.74, 6) is 0.568. The summed E-state index contributed by atoms with van der Waals surface area (Å²) in [6, 6.07) is 5.95. The van der Waals surface area contributed by atoms with Crippen LogP contribution in [0.5, 0.6) is 5.75 Å². The molecule has 0 aromatic heterocycles. The summed E-state index contributed by atoms with van der Waals surface area (Å²) in [4.78, 5) is 18.0. The molecule has 0 atom stereocenters. The second-order valence-corrected chi connectivity index (χ2v) is 6.22. The average Bonchev–Trinajstić information content (AvgIpc) is 2.25.